The van der Waals surface area contributed by atoms with Crippen molar-refractivity contribution in [1.29, 1.82) is 0 Å². The number of allylic oxidation sites excluding steroid dienone is 1. The Morgan fingerprint density at radius 3 is 2.56 bits per heavy atom. The van der Waals surface area contributed by atoms with E-state index < -0.39 is 0 Å². The maximum atomic E-state index is 13.5. The molecule has 1 aliphatic rings. The lowest BCUT2D eigenvalue weighted by Crippen LogP contribution is -2.42. The number of anilines is 1. The van der Waals surface area contributed by atoms with E-state index in [0.717, 1.165) is 65.3 Å². The monoisotopic (exact) mass is 483 g/mol. The summed E-state index contributed by atoms with van der Waals surface area (Å²) >= 11 is 0. The number of nitrogens with zero attached hydrogens (tertiary/aromatic N) is 5. The van der Waals surface area contributed by atoms with Gasteiger partial charge in [-0.1, -0.05) is 24.3 Å². The van der Waals surface area contributed by atoms with Crippen LogP contribution in [0.3, 0.4) is 0 Å². The third kappa shape index (κ3) is 4.44. The molecule has 1 aromatic carbocycles. The van der Waals surface area contributed by atoms with Crippen LogP contribution >= 0.6 is 0 Å². The van der Waals surface area contributed by atoms with Crippen LogP contribution in [0.1, 0.15) is 52.9 Å². The van der Waals surface area contributed by atoms with Crippen LogP contribution < -0.4 is 4.90 Å². The number of piperidine rings is 1. The lowest BCUT2D eigenvalue weighted by molar-refractivity contribution is 0.103. The van der Waals surface area contributed by atoms with Gasteiger partial charge in [-0.2, -0.15) is 5.10 Å². The van der Waals surface area contributed by atoms with Gasteiger partial charge in [0.2, 0.25) is 5.78 Å². The van der Waals surface area contributed by atoms with Crippen molar-refractivity contribution in [3.05, 3.63) is 64.7 Å². The molecule has 0 saturated carbocycles. The fourth-order valence-electron chi connectivity index (χ4n) is 5.10. The Hall–Kier alpha value is -3.78. The van der Waals surface area contributed by atoms with Gasteiger partial charge in [-0.3, -0.25) is 9.89 Å². The first-order valence-electron chi connectivity index (χ1n) is 12.5. The average molecular weight is 484 g/mol. The Morgan fingerprint density at radius 2 is 1.89 bits per heavy atom. The zero-order valence-electron chi connectivity index (χ0n) is 21.6. The van der Waals surface area contributed by atoms with Crippen LogP contribution in [0, 0.1) is 13.8 Å². The maximum absolute atomic E-state index is 13.5. The van der Waals surface area contributed by atoms with Gasteiger partial charge >= 0.3 is 0 Å². The number of H-pyrrole nitrogens is 2. The smallest absolute Gasteiger partial charge is 0.228 e. The number of nitrogens with one attached hydrogen (secondary N) is 2. The minimum atomic E-state index is -0.159. The molecule has 36 heavy (non-hydrogen) atoms. The van der Waals surface area contributed by atoms with Crippen molar-refractivity contribution in [3.63, 3.8) is 0 Å². The van der Waals surface area contributed by atoms with Crippen molar-refractivity contribution in [3.8, 4) is 11.1 Å². The zero-order chi connectivity index (χ0) is 25.4. The largest absolute Gasteiger partial charge is 0.356 e. The zero-order valence-corrected chi connectivity index (χ0v) is 21.6. The third-order valence-corrected chi connectivity index (χ3v) is 7.12. The minimum Gasteiger partial charge on any atom is -0.356 e. The average Bonchev–Trinajstić information content (AvgIpc) is 3.46. The normalized spacial score (nSPS) is 15.0. The van der Waals surface area contributed by atoms with Gasteiger partial charge < -0.3 is 14.8 Å². The van der Waals surface area contributed by atoms with E-state index in [2.05, 4.69) is 44.1 Å². The lowest BCUT2D eigenvalue weighted by atomic mass is 9.94. The van der Waals surface area contributed by atoms with E-state index in [1.165, 1.54) is 0 Å². The van der Waals surface area contributed by atoms with Gasteiger partial charge in [-0.05, 0) is 77.0 Å². The summed E-state index contributed by atoms with van der Waals surface area (Å²) in [6.45, 7) is 7.88. The van der Waals surface area contributed by atoms with Crippen LogP contribution in [-0.4, -0.2) is 69.1 Å². The molecule has 0 amide bonds. The Kier molecular flexibility index (Phi) is 6.45. The maximum Gasteiger partial charge on any atom is 0.228 e. The summed E-state index contributed by atoms with van der Waals surface area (Å²) in [6, 6.07) is 10.4. The Bertz CT molecular complexity index is 1420. The molecule has 1 saturated heterocycles. The highest BCUT2D eigenvalue weighted by molar-refractivity contribution is 6.08. The van der Waals surface area contributed by atoms with E-state index in [4.69, 9.17) is 4.98 Å². The molecule has 3 aromatic heterocycles. The van der Waals surface area contributed by atoms with E-state index in [1.54, 1.807) is 0 Å². The van der Waals surface area contributed by atoms with Gasteiger partial charge in [-0.15, -0.1) is 0 Å². The van der Waals surface area contributed by atoms with E-state index in [1.807, 2.05) is 63.3 Å². The quantitative estimate of drug-likeness (QED) is 0.384. The number of ketones is 1. The van der Waals surface area contributed by atoms with Crippen LogP contribution in [0.4, 0.5) is 5.82 Å². The second kappa shape index (κ2) is 9.70. The van der Waals surface area contributed by atoms with Crippen LogP contribution in [0.15, 0.2) is 36.4 Å². The number of pyridine rings is 1. The molecule has 1 aliphatic heterocycles. The number of fused-ring (bicyclic) bond motifs is 1. The molecular formula is C28H33N7O. The molecule has 186 valence electrons. The minimum absolute atomic E-state index is 0.159. The van der Waals surface area contributed by atoms with Crippen LogP contribution in [0.25, 0.3) is 28.4 Å². The molecule has 4 heterocycles. The summed E-state index contributed by atoms with van der Waals surface area (Å²) in [7, 11) is 4.28. The van der Waals surface area contributed by atoms with Crippen molar-refractivity contribution in [2.75, 3.05) is 32.1 Å². The molecule has 1 fully saturated rings. The summed E-state index contributed by atoms with van der Waals surface area (Å²) in [5.74, 6) is 1.05. The second-order valence-electron chi connectivity index (χ2n) is 9.75. The molecule has 8 heteroatoms. The van der Waals surface area contributed by atoms with Gasteiger partial charge in [0.15, 0.2) is 11.5 Å². The number of rotatable bonds is 6. The number of aromatic nitrogens is 5. The van der Waals surface area contributed by atoms with Crippen molar-refractivity contribution in [2.45, 2.75) is 39.7 Å². The molecule has 0 atom stereocenters. The summed E-state index contributed by atoms with van der Waals surface area (Å²) in [4.78, 5) is 30.6. The number of hydrogen-bond donors (Lipinski definition) is 2. The van der Waals surface area contributed by atoms with Crippen molar-refractivity contribution >= 4 is 28.8 Å². The molecule has 0 radical (unpaired) electrons. The predicted octanol–water partition coefficient (Wildman–Crippen LogP) is 4.76. The summed E-state index contributed by atoms with van der Waals surface area (Å²) in [5, 5.41) is 7.40. The highest BCUT2D eigenvalue weighted by Crippen LogP contribution is 2.31. The van der Waals surface area contributed by atoms with Crippen LogP contribution in [0.2, 0.25) is 0 Å². The molecule has 2 N–H and O–H groups in total. The molecule has 0 unspecified atom stereocenters. The fourth-order valence-corrected chi connectivity index (χ4v) is 5.10. The highest BCUT2D eigenvalue weighted by atomic mass is 16.1. The third-order valence-electron chi connectivity index (χ3n) is 7.12. The number of benzene rings is 1. The molecule has 4 aromatic rings. The Labute approximate surface area is 211 Å². The summed E-state index contributed by atoms with van der Waals surface area (Å²) in [5.41, 5.74) is 6.80. The van der Waals surface area contributed by atoms with Crippen molar-refractivity contribution < 1.29 is 4.79 Å². The van der Waals surface area contributed by atoms with Gasteiger partial charge in [-0.25, -0.2) is 9.97 Å². The molecule has 0 aliphatic carbocycles. The first-order chi connectivity index (χ1) is 17.4. The topological polar surface area (TPSA) is 93.8 Å². The predicted molar refractivity (Wildman–Crippen MR) is 144 cm³/mol. The molecule has 0 spiro atoms. The number of hydrogen-bond acceptors (Lipinski definition) is 6. The van der Waals surface area contributed by atoms with E-state index in [-0.39, 0.29) is 5.78 Å². The first kappa shape index (κ1) is 23.9. The fraction of sp³-hybridized carbons (Fsp3) is 0.357. The van der Waals surface area contributed by atoms with Crippen LogP contribution in [-0.2, 0) is 0 Å². The number of aryl methyl sites for hydroxylation is 2. The van der Waals surface area contributed by atoms with Gasteiger partial charge in [0.1, 0.15) is 5.82 Å². The number of imidazole rings is 1. The first-order valence-corrected chi connectivity index (χ1v) is 12.5. The molecular weight excluding hydrogens is 450 g/mol. The molecule has 0 bridgehead atoms. The second-order valence-corrected chi connectivity index (χ2v) is 9.75. The van der Waals surface area contributed by atoms with E-state index >= 15 is 0 Å². The van der Waals surface area contributed by atoms with Gasteiger partial charge in [0.05, 0.1) is 11.2 Å². The Balaban J connectivity index is 1.44. The van der Waals surface area contributed by atoms with Crippen molar-refractivity contribution in [1.82, 2.24) is 30.0 Å². The number of aromatic amines is 2. The van der Waals surface area contributed by atoms with E-state index in [0.29, 0.717) is 23.1 Å². The summed E-state index contributed by atoms with van der Waals surface area (Å²) in [6.07, 6.45) is 6.26. The van der Waals surface area contributed by atoms with Crippen LogP contribution in [0.5, 0.6) is 0 Å². The SMILES string of the molecule is CC=Cc1ccc(C(=O)c2nc3nc(N4CCC(N(C)C)CC4)ccc3[nH]2)cc1-c1c(C)n[nH]c1C. The lowest BCUT2D eigenvalue weighted by Gasteiger charge is -2.35. The van der Waals surface area contributed by atoms with E-state index in [9.17, 15) is 4.79 Å². The highest BCUT2D eigenvalue weighted by Gasteiger charge is 2.23. The molecule has 5 rings (SSSR count). The summed E-state index contributed by atoms with van der Waals surface area (Å²) < 4.78 is 0. The standard InChI is InChI=1S/C28H33N7O/c1-6-7-19-8-9-20(16-22(19)25-17(2)32-33-18(25)3)26(36)28-29-23-10-11-24(30-27(23)31-28)35-14-12-21(13-15-35)34(4)5/h6-11,16,21H,12-15H2,1-5H3,(H,32,33)(H,29,30,31). The van der Waals surface area contributed by atoms with Crippen molar-refractivity contribution in [2.24, 2.45) is 0 Å². The number of carbonyl (C=O) groups is 1. The molecule has 8 nitrogen and oxygen atoms in total. The Morgan fingerprint density at radius 1 is 1.11 bits per heavy atom. The van der Waals surface area contributed by atoms with Gasteiger partial charge in [0, 0.05) is 36.0 Å². The van der Waals surface area contributed by atoms with Gasteiger partial charge in [0.25, 0.3) is 0 Å². The number of carbonyl (C=O) groups excluding carboxylic acids is 1.